The fraction of sp³-hybridized carbons (Fsp3) is 0.500. The van der Waals surface area contributed by atoms with Crippen molar-refractivity contribution in [2.75, 3.05) is 23.5 Å². The molecule has 1 aliphatic heterocycles. The van der Waals surface area contributed by atoms with E-state index in [2.05, 4.69) is 9.97 Å². The lowest BCUT2D eigenvalue weighted by molar-refractivity contribution is 0.600. The van der Waals surface area contributed by atoms with Gasteiger partial charge in [0.1, 0.15) is 17.8 Å². The summed E-state index contributed by atoms with van der Waals surface area (Å²) < 4.78 is 25.1. The third-order valence-electron chi connectivity index (χ3n) is 3.73. The van der Waals surface area contributed by atoms with Gasteiger partial charge in [-0.1, -0.05) is 0 Å². The van der Waals surface area contributed by atoms with E-state index in [-0.39, 0.29) is 17.5 Å². The van der Waals surface area contributed by atoms with Crippen LogP contribution >= 0.6 is 0 Å². The van der Waals surface area contributed by atoms with Gasteiger partial charge in [-0.05, 0) is 12.5 Å². The largest absolute Gasteiger partial charge is 0.355 e. The van der Waals surface area contributed by atoms with Crippen LogP contribution in [0.5, 0.6) is 0 Å². The van der Waals surface area contributed by atoms with E-state index < -0.39 is 9.84 Å². The zero-order chi connectivity index (χ0) is 13.6. The van der Waals surface area contributed by atoms with Crippen molar-refractivity contribution >= 4 is 26.7 Å². The fourth-order valence-electron chi connectivity index (χ4n) is 2.60. The topological polar surface area (TPSA) is 68.1 Å². The number of aromatic nitrogens is 3. The van der Waals surface area contributed by atoms with Crippen molar-refractivity contribution in [1.82, 2.24) is 14.5 Å². The Balaban J connectivity index is 2.00. The zero-order valence-corrected chi connectivity index (χ0v) is 11.8. The Morgan fingerprint density at radius 3 is 2.89 bits per heavy atom. The summed E-state index contributed by atoms with van der Waals surface area (Å²) in [6, 6.07) is 1.97. The Bertz CT molecular complexity index is 722. The molecule has 3 rings (SSSR count). The monoisotopic (exact) mass is 280 g/mol. The van der Waals surface area contributed by atoms with Crippen LogP contribution in [0.25, 0.3) is 11.0 Å². The molecule has 0 radical (unpaired) electrons. The van der Waals surface area contributed by atoms with Crippen molar-refractivity contribution in [3.05, 3.63) is 18.6 Å². The number of fused-ring (bicyclic) bond motifs is 1. The lowest BCUT2D eigenvalue weighted by Crippen LogP contribution is -2.33. The third kappa shape index (κ3) is 2.07. The molecule has 0 amide bonds. The van der Waals surface area contributed by atoms with Gasteiger partial charge in [-0.15, -0.1) is 0 Å². The van der Waals surface area contributed by atoms with Crippen molar-refractivity contribution in [2.24, 2.45) is 7.05 Å². The van der Waals surface area contributed by atoms with Gasteiger partial charge in [-0.2, -0.15) is 0 Å². The van der Waals surface area contributed by atoms with Gasteiger partial charge in [0.15, 0.2) is 9.84 Å². The van der Waals surface area contributed by atoms with Crippen LogP contribution < -0.4 is 4.90 Å². The predicted molar refractivity (Wildman–Crippen MR) is 74.0 cm³/mol. The van der Waals surface area contributed by atoms with Crippen molar-refractivity contribution in [3.8, 4) is 0 Å². The number of rotatable bonds is 2. The molecule has 6 nitrogen and oxygen atoms in total. The quantitative estimate of drug-likeness (QED) is 0.805. The highest BCUT2D eigenvalue weighted by Crippen LogP contribution is 2.27. The molecule has 3 heterocycles. The highest BCUT2D eigenvalue weighted by molar-refractivity contribution is 7.91. The van der Waals surface area contributed by atoms with Gasteiger partial charge < -0.3 is 9.47 Å². The minimum Gasteiger partial charge on any atom is -0.355 e. The second-order valence-electron chi connectivity index (χ2n) is 5.03. The molecule has 0 N–H and O–H groups in total. The van der Waals surface area contributed by atoms with E-state index in [1.807, 2.05) is 35.8 Å². The molecule has 1 atom stereocenters. The van der Waals surface area contributed by atoms with Crippen molar-refractivity contribution < 1.29 is 8.42 Å². The average Bonchev–Trinajstić information content (AvgIpc) is 2.92. The SMILES string of the molecule is CN(c1ncnc2c1ccn2C)C1CCS(=O)(=O)C1. The number of nitrogens with zero attached hydrogens (tertiary/aromatic N) is 4. The minimum absolute atomic E-state index is 0.00306. The van der Waals surface area contributed by atoms with Crippen LogP contribution in [0.2, 0.25) is 0 Å². The van der Waals surface area contributed by atoms with Crippen LogP contribution in [0.4, 0.5) is 5.82 Å². The Labute approximate surface area is 112 Å². The summed E-state index contributed by atoms with van der Waals surface area (Å²) in [5, 5.41) is 0.955. The minimum atomic E-state index is -2.89. The van der Waals surface area contributed by atoms with Gasteiger partial charge >= 0.3 is 0 Å². The molecule has 0 saturated carbocycles. The number of sulfone groups is 1. The van der Waals surface area contributed by atoms with Crippen LogP contribution in [-0.4, -0.2) is 47.5 Å². The van der Waals surface area contributed by atoms with E-state index >= 15 is 0 Å². The highest BCUT2D eigenvalue weighted by Gasteiger charge is 2.31. The molecular formula is C12H16N4O2S. The first-order chi connectivity index (χ1) is 8.98. The average molecular weight is 280 g/mol. The molecule has 2 aromatic heterocycles. The lowest BCUT2D eigenvalue weighted by atomic mass is 10.2. The normalized spacial score (nSPS) is 21.9. The summed E-state index contributed by atoms with van der Waals surface area (Å²) in [4.78, 5) is 10.5. The van der Waals surface area contributed by atoms with Gasteiger partial charge in [0.25, 0.3) is 0 Å². The third-order valence-corrected chi connectivity index (χ3v) is 5.48. The summed E-state index contributed by atoms with van der Waals surface area (Å²) in [5.41, 5.74) is 0.859. The molecule has 0 aromatic carbocycles. The van der Waals surface area contributed by atoms with Crippen molar-refractivity contribution in [3.63, 3.8) is 0 Å². The summed E-state index contributed by atoms with van der Waals surface area (Å²) in [6.45, 7) is 0. The van der Waals surface area contributed by atoms with Crippen LogP contribution in [-0.2, 0) is 16.9 Å². The van der Waals surface area contributed by atoms with E-state index in [0.29, 0.717) is 6.42 Å². The maximum atomic E-state index is 11.6. The smallest absolute Gasteiger partial charge is 0.152 e. The molecule has 0 bridgehead atoms. The first kappa shape index (κ1) is 12.4. The number of hydrogen-bond donors (Lipinski definition) is 0. The maximum absolute atomic E-state index is 11.6. The zero-order valence-electron chi connectivity index (χ0n) is 10.9. The van der Waals surface area contributed by atoms with Crippen LogP contribution in [0.15, 0.2) is 18.6 Å². The van der Waals surface area contributed by atoms with E-state index in [4.69, 9.17) is 0 Å². The Kier molecular flexibility index (Phi) is 2.74. The van der Waals surface area contributed by atoms with Crippen LogP contribution in [0.3, 0.4) is 0 Å². The molecule has 19 heavy (non-hydrogen) atoms. The van der Waals surface area contributed by atoms with E-state index in [1.54, 1.807) is 0 Å². The Morgan fingerprint density at radius 2 is 2.21 bits per heavy atom. The molecule has 1 saturated heterocycles. The van der Waals surface area contributed by atoms with E-state index in [0.717, 1.165) is 16.9 Å². The Morgan fingerprint density at radius 1 is 1.42 bits per heavy atom. The molecule has 102 valence electrons. The van der Waals surface area contributed by atoms with Crippen LogP contribution in [0.1, 0.15) is 6.42 Å². The van der Waals surface area contributed by atoms with Gasteiger partial charge in [0, 0.05) is 26.3 Å². The van der Waals surface area contributed by atoms with Gasteiger partial charge in [-0.25, -0.2) is 18.4 Å². The second-order valence-corrected chi connectivity index (χ2v) is 7.26. The fourth-order valence-corrected chi connectivity index (χ4v) is 4.37. The van der Waals surface area contributed by atoms with Crippen LogP contribution in [0, 0.1) is 0 Å². The number of anilines is 1. The molecule has 7 heteroatoms. The van der Waals surface area contributed by atoms with Crippen molar-refractivity contribution in [2.45, 2.75) is 12.5 Å². The van der Waals surface area contributed by atoms with Gasteiger partial charge in [0.2, 0.25) is 0 Å². The van der Waals surface area contributed by atoms with Crippen molar-refractivity contribution in [1.29, 1.82) is 0 Å². The second kappa shape index (κ2) is 4.19. The molecule has 1 aliphatic rings. The first-order valence-electron chi connectivity index (χ1n) is 6.17. The first-order valence-corrected chi connectivity index (χ1v) is 7.99. The maximum Gasteiger partial charge on any atom is 0.152 e. The van der Waals surface area contributed by atoms with E-state index in [1.165, 1.54) is 6.33 Å². The summed E-state index contributed by atoms with van der Waals surface area (Å²) in [5.74, 6) is 1.28. The highest BCUT2D eigenvalue weighted by atomic mass is 32.2. The summed E-state index contributed by atoms with van der Waals surface area (Å²) in [7, 11) is 0.946. The molecule has 2 aromatic rings. The molecular weight excluding hydrogens is 264 g/mol. The number of aryl methyl sites for hydroxylation is 1. The Hall–Kier alpha value is -1.63. The molecule has 0 aliphatic carbocycles. The van der Waals surface area contributed by atoms with Gasteiger partial charge in [-0.3, -0.25) is 0 Å². The summed E-state index contributed by atoms with van der Waals surface area (Å²) in [6.07, 6.45) is 4.12. The van der Waals surface area contributed by atoms with Gasteiger partial charge in [0.05, 0.1) is 16.9 Å². The summed E-state index contributed by atoms with van der Waals surface area (Å²) >= 11 is 0. The van der Waals surface area contributed by atoms with E-state index in [9.17, 15) is 8.42 Å². The molecule has 1 unspecified atom stereocenters. The number of hydrogen-bond acceptors (Lipinski definition) is 5. The lowest BCUT2D eigenvalue weighted by Gasteiger charge is -2.24. The standard InChI is InChI=1S/C12H16N4O2S/c1-15-5-3-10-11(15)13-8-14-12(10)16(2)9-4-6-19(17,18)7-9/h3,5,8-9H,4,6-7H2,1-2H3. The predicted octanol–water partition coefficient (Wildman–Crippen LogP) is 0.592. The molecule has 1 fully saturated rings. The molecule has 0 spiro atoms.